The molecular weight excluding hydrogens is 194 g/mol. The Morgan fingerprint density at radius 3 is 2.93 bits per heavy atom. The van der Waals surface area contributed by atoms with Crippen molar-refractivity contribution >= 4 is 5.91 Å². The molecule has 0 spiro atoms. The first-order valence-electron chi connectivity index (χ1n) is 5.06. The highest BCUT2D eigenvalue weighted by atomic mass is 16.3. The minimum atomic E-state index is -0.124. The van der Waals surface area contributed by atoms with E-state index in [1.54, 1.807) is 6.92 Å². The van der Waals surface area contributed by atoms with Gasteiger partial charge in [0.1, 0.15) is 0 Å². The number of aromatic amines is 1. The van der Waals surface area contributed by atoms with Crippen molar-refractivity contribution in [1.29, 1.82) is 0 Å². The van der Waals surface area contributed by atoms with Gasteiger partial charge in [0.2, 0.25) is 0 Å². The number of amides is 1. The number of hydrogen-bond donors (Lipinski definition) is 3. The smallest absolute Gasteiger partial charge is 0.254 e. The molecule has 0 aliphatic heterocycles. The largest absolute Gasteiger partial charge is 0.396 e. The zero-order valence-corrected chi connectivity index (χ0v) is 8.71. The van der Waals surface area contributed by atoms with E-state index < -0.39 is 0 Å². The van der Waals surface area contributed by atoms with Crippen LogP contribution in [-0.2, 0) is 0 Å². The van der Waals surface area contributed by atoms with Crippen molar-refractivity contribution in [2.45, 2.75) is 19.8 Å². The van der Waals surface area contributed by atoms with Gasteiger partial charge in [-0.1, -0.05) is 0 Å². The van der Waals surface area contributed by atoms with Crippen molar-refractivity contribution in [2.75, 3.05) is 13.2 Å². The van der Waals surface area contributed by atoms with Crippen molar-refractivity contribution in [2.24, 2.45) is 5.41 Å². The lowest BCUT2D eigenvalue weighted by Gasteiger charge is -2.12. The number of H-pyrrole nitrogens is 1. The quantitative estimate of drug-likeness (QED) is 0.663. The van der Waals surface area contributed by atoms with Crippen molar-refractivity contribution in [1.82, 2.24) is 15.5 Å². The van der Waals surface area contributed by atoms with E-state index >= 15 is 0 Å². The van der Waals surface area contributed by atoms with E-state index in [1.165, 1.54) is 6.20 Å². The Morgan fingerprint density at radius 1 is 1.73 bits per heavy atom. The van der Waals surface area contributed by atoms with E-state index in [0.29, 0.717) is 12.1 Å². The number of carbonyl (C=O) groups excluding carboxylic acids is 1. The normalized spacial score (nSPS) is 17.5. The highest BCUT2D eigenvalue weighted by Crippen LogP contribution is 2.44. The highest BCUT2D eigenvalue weighted by molar-refractivity contribution is 5.94. The van der Waals surface area contributed by atoms with Crippen LogP contribution in [0.1, 0.15) is 28.9 Å². The predicted molar refractivity (Wildman–Crippen MR) is 54.4 cm³/mol. The first-order chi connectivity index (χ1) is 7.17. The van der Waals surface area contributed by atoms with Crippen LogP contribution < -0.4 is 5.32 Å². The number of nitrogens with one attached hydrogen (secondary N) is 2. The molecule has 5 heteroatoms. The summed E-state index contributed by atoms with van der Waals surface area (Å²) in [5.41, 5.74) is 1.29. The van der Waals surface area contributed by atoms with E-state index in [4.69, 9.17) is 5.11 Å². The Hall–Kier alpha value is -1.36. The summed E-state index contributed by atoms with van der Waals surface area (Å²) >= 11 is 0. The number of rotatable bonds is 4. The van der Waals surface area contributed by atoms with Crippen molar-refractivity contribution in [3.05, 3.63) is 17.5 Å². The maximum Gasteiger partial charge on any atom is 0.254 e. The summed E-state index contributed by atoms with van der Waals surface area (Å²) < 4.78 is 0. The average molecular weight is 209 g/mol. The molecule has 0 bridgehead atoms. The number of aromatic nitrogens is 2. The Bertz CT molecular complexity index is 368. The summed E-state index contributed by atoms with van der Waals surface area (Å²) in [4.78, 5) is 11.7. The zero-order valence-electron chi connectivity index (χ0n) is 8.71. The van der Waals surface area contributed by atoms with Gasteiger partial charge in [0.15, 0.2) is 0 Å². The molecule has 1 amide bonds. The number of aliphatic hydroxyl groups is 1. The summed E-state index contributed by atoms with van der Waals surface area (Å²) in [6, 6.07) is 0. The SMILES string of the molecule is Cc1[nH]ncc1C(=O)NCC1(CO)CC1. The van der Waals surface area contributed by atoms with Gasteiger partial charge in [-0.3, -0.25) is 9.89 Å². The lowest BCUT2D eigenvalue weighted by atomic mass is 10.1. The third-order valence-electron chi connectivity index (χ3n) is 2.99. The number of carbonyl (C=O) groups is 1. The molecule has 0 aromatic carbocycles. The maximum atomic E-state index is 11.7. The first-order valence-corrected chi connectivity index (χ1v) is 5.06. The van der Waals surface area contributed by atoms with Crippen molar-refractivity contribution < 1.29 is 9.90 Å². The fourth-order valence-corrected chi connectivity index (χ4v) is 1.51. The molecule has 1 heterocycles. The molecule has 3 N–H and O–H groups in total. The van der Waals surface area contributed by atoms with Crippen LogP contribution in [-0.4, -0.2) is 34.4 Å². The number of aliphatic hydroxyl groups excluding tert-OH is 1. The van der Waals surface area contributed by atoms with Crippen LogP contribution in [0.3, 0.4) is 0 Å². The van der Waals surface area contributed by atoms with Crippen LogP contribution in [0.2, 0.25) is 0 Å². The minimum Gasteiger partial charge on any atom is -0.396 e. The van der Waals surface area contributed by atoms with Crippen LogP contribution in [0.5, 0.6) is 0 Å². The monoisotopic (exact) mass is 209 g/mol. The van der Waals surface area contributed by atoms with Crippen LogP contribution in [0.25, 0.3) is 0 Å². The predicted octanol–water partition coefficient (Wildman–Crippen LogP) is 0.220. The fraction of sp³-hybridized carbons (Fsp3) is 0.600. The van der Waals surface area contributed by atoms with Gasteiger partial charge >= 0.3 is 0 Å². The van der Waals surface area contributed by atoms with Gasteiger partial charge in [-0.2, -0.15) is 5.10 Å². The lowest BCUT2D eigenvalue weighted by molar-refractivity contribution is 0.0934. The second-order valence-electron chi connectivity index (χ2n) is 4.25. The molecule has 2 rings (SSSR count). The molecule has 15 heavy (non-hydrogen) atoms. The Balaban J connectivity index is 1.91. The van der Waals surface area contributed by atoms with Crippen LogP contribution in [0.4, 0.5) is 0 Å². The van der Waals surface area contributed by atoms with Gasteiger partial charge in [0.25, 0.3) is 5.91 Å². The molecule has 0 radical (unpaired) electrons. The third kappa shape index (κ3) is 2.02. The van der Waals surface area contributed by atoms with Gasteiger partial charge in [-0.15, -0.1) is 0 Å². The standard InChI is InChI=1S/C10H15N3O2/c1-7-8(4-12-13-7)9(15)11-5-10(6-14)2-3-10/h4,14H,2-3,5-6H2,1H3,(H,11,15)(H,12,13). The third-order valence-corrected chi connectivity index (χ3v) is 2.99. The zero-order chi connectivity index (χ0) is 10.9. The van der Waals surface area contributed by atoms with Crippen molar-refractivity contribution in [3.63, 3.8) is 0 Å². The first kappa shape index (κ1) is 10.2. The number of nitrogens with zero attached hydrogens (tertiary/aromatic N) is 1. The van der Waals surface area contributed by atoms with Crippen molar-refractivity contribution in [3.8, 4) is 0 Å². The van der Waals surface area contributed by atoms with E-state index in [9.17, 15) is 4.79 Å². The molecule has 0 saturated heterocycles. The summed E-state index contributed by atoms with van der Waals surface area (Å²) in [6.45, 7) is 2.51. The Morgan fingerprint density at radius 2 is 2.47 bits per heavy atom. The second-order valence-corrected chi connectivity index (χ2v) is 4.25. The Kier molecular flexibility index (Phi) is 2.48. The number of aryl methyl sites for hydroxylation is 1. The molecule has 0 atom stereocenters. The molecule has 1 saturated carbocycles. The summed E-state index contributed by atoms with van der Waals surface area (Å²) in [5.74, 6) is -0.124. The fourth-order valence-electron chi connectivity index (χ4n) is 1.51. The lowest BCUT2D eigenvalue weighted by Crippen LogP contribution is -2.32. The molecule has 1 aliphatic carbocycles. The van der Waals surface area contributed by atoms with Gasteiger partial charge in [0.05, 0.1) is 18.4 Å². The minimum absolute atomic E-state index is 0.0483. The van der Waals surface area contributed by atoms with Crippen LogP contribution in [0, 0.1) is 12.3 Å². The molecule has 1 aromatic heterocycles. The highest BCUT2D eigenvalue weighted by Gasteiger charge is 2.42. The maximum absolute atomic E-state index is 11.7. The summed E-state index contributed by atoms with van der Waals surface area (Å²) in [7, 11) is 0. The summed E-state index contributed by atoms with van der Waals surface area (Å²) in [5, 5.41) is 18.4. The molecule has 1 aromatic rings. The van der Waals surface area contributed by atoms with Crippen LogP contribution in [0.15, 0.2) is 6.20 Å². The number of hydrogen-bond acceptors (Lipinski definition) is 3. The van der Waals surface area contributed by atoms with E-state index in [-0.39, 0.29) is 17.9 Å². The van der Waals surface area contributed by atoms with Gasteiger partial charge in [-0.25, -0.2) is 0 Å². The molecule has 1 fully saturated rings. The second kappa shape index (κ2) is 3.66. The van der Waals surface area contributed by atoms with Crippen LogP contribution >= 0.6 is 0 Å². The Labute approximate surface area is 87.9 Å². The van der Waals surface area contributed by atoms with E-state index in [1.807, 2.05) is 0 Å². The average Bonchev–Trinajstić information content (AvgIpc) is 2.91. The van der Waals surface area contributed by atoms with Gasteiger partial charge in [0, 0.05) is 17.7 Å². The van der Waals surface area contributed by atoms with Gasteiger partial charge in [-0.05, 0) is 19.8 Å². The topological polar surface area (TPSA) is 78.0 Å². The van der Waals surface area contributed by atoms with Gasteiger partial charge < -0.3 is 10.4 Å². The van der Waals surface area contributed by atoms with E-state index in [2.05, 4.69) is 15.5 Å². The molecular formula is C10H15N3O2. The molecule has 5 nitrogen and oxygen atoms in total. The van der Waals surface area contributed by atoms with E-state index in [0.717, 1.165) is 18.5 Å². The molecule has 82 valence electrons. The molecule has 0 unspecified atom stereocenters. The molecule has 1 aliphatic rings. The summed E-state index contributed by atoms with van der Waals surface area (Å²) in [6.07, 6.45) is 3.51.